The predicted molar refractivity (Wildman–Crippen MR) is 79.4 cm³/mol. The lowest BCUT2D eigenvalue weighted by Crippen LogP contribution is -2.11. The first-order valence-corrected chi connectivity index (χ1v) is 7.40. The Balaban J connectivity index is 1.47. The van der Waals surface area contributed by atoms with Crippen LogP contribution < -0.4 is 5.32 Å². The maximum Gasteiger partial charge on any atom is 0.150 e. The molecule has 2 aliphatic rings. The Labute approximate surface area is 127 Å². The van der Waals surface area contributed by atoms with Gasteiger partial charge >= 0.3 is 0 Å². The summed E-state index contributed by atoms with van der Waals surface area (Å²) < 4.78 is 27.7. The molecule has 0 saturated heterocycles. The summed E-state index contributed by atoms with van der Waals surface area (Å²) in [6.45, 7) is 0.559. The molecule has 4 heteroatoms. The predicted octanol–water partition coefficient (Wildman–Crippen LogP) is 3.83. The maximum absolute atomic E-state index is 13.8. The smallest absolute Gasteiger partial charge is 0.150 e. The molecule has 2 aromatic rings. The third kappa shape index (κ3) is 1.97. The van der Waals surface area contributed by atoms with E-state index in [0.717, 1.165) is 18.6 Å². The second-order valence-electron chi connectivity index (χ2n) is 6.06. The van der Waals surface area contributed by atoms with Crippen LogP contribution in [0.2, 0.25) is 0 Å². The quantitative estimate of drug-likeness (QED) is 0.934. The molecule has 1 fully saturated rings. The Morgan fingerprint density at radius 3 is 2.64 bits per heavy atom. The fourth-order valence-corrected chi connectivity index (χ4v) is 3.79. The van der Waals surface area contributed by atoms with E-state index in [0.29, 0.717) is 24.3 Å². The van der Waals surface area contributed by atoms with Gasteiger partial charge in [0.2, 0.25) is 0 Å². The van der Waals surface area contributed by atoms with Crippen LogP contribution in [0.1, 0.15) is 22.6 Å². The average Bonchev–Trinajstić information content (AvgIpc) is 3.04. The summed E-state index contributed by atoms with van der Waals surface area (Å²) in [5, 5.41) is 11.6. The Bertz CT molecular complexity index is 771. The zero-order chi connectivity index (χ0) is 15.3. The van der Waals surface area contributed by atoms with E-state index in [1.54, 1.807) is 6.07 Å². The molecule has 1 saturated carbocycles. The fraction of sp³-hybridized carbons (Fsp3) is 0.278. The van der Waals surface area contributed by atoms with Crippen molar-refractivity contribution >= 4 is 5.69 Å². The van der Waals surface area contributed by atoms with Gasteiger partial charge in [0.05, 0.1) is 11.6 Å². The molecule has 2 nitrogen and oxygen atoms in total. The number of fused-ring (bicyclic) bond motifs is 3. The van der Waals surface area contributed by atoms with E-state index < -0.39 is 11.6 Å². The second kappa shape index (κ2) is 4.81. The van der Waals surface area contributed by atoms with Crippen LogP contribution in [0.4, 0.5) is 14.5 Å². The number of hydrogen-bond acceptors (Lipinski definition) is 2. The molecule has 3 atom stereocenters. The zero-order valence-electron chi connectivity index (χ0n) is 11.8. The van der Waals surface area contributed by atoms with Crippen molar-refractivity contribution in [3.63, 3.8) is 0 Å². The van der Waals surface area contributed by atoms with Gasteiger partial charge in [0.25, 0.3) is 0 Å². The minimum absolute atomic E-state index is 0.00207. The summed E-state index contributed by atoms with van der Waals surface area (Å²) in [5.41, 5.74) is 2.67. The summed E-state index contributed by atoms with van der Waals surface area (Å²) >= 11 is 0. The molecule has 0 bridgehead atoms. The Kier molecular flexibility index (Phi) is 2.90. The van der Waals surface area contributed by atoms with Crippen molar-refractivity contribution < 1.29 is 8.78 Å². The molecule has 3 unspecified atom stereocenters. The van der Waals surface area contributed by atoms with Crippen molar-refractivity contribution in [2.75, 3.05) is 11.9 Å². The first kappa shape index (κ1) is 13.3. The lowest BCUT2D eigenvalue weighted by Gasteiger charge is -2.11. The van der Waals surface area contributed by atoms with E-state index in [9.17, 15) is 8.78 Å². The third-order valence-electron chi connectivity index (χ3n) is 4.89. The van der Waals surface area contributed by atoms with Gasteiger partial charge in [-0.05, 0) is 47.4 Å². The van der Waals surface area contributed by atoms with Crippen molar-refractivity contribution in [1.29, 1.82) is 5.26 Å². The van der Waals surface area contributed by atoms with Crippen molar-refractivity contribution in [2.45, 2.75) is 12.3 Å². The van der Waals surface area contributed by atoms with Gasteiger partial charge < -0.3 is 5.32 Å². The maximum atomic E-state index is 13.8. The SMILES string of the molecule is N#Cc1cc(F)c(NCC2C3Cc4ccccc4C23)c(F)c1. The molecule has 110 valence electrons. The van der Waals surface area contributed by atoms with Crippen LogP contribution >= 0.6 is 0 Å². The Morgan fingerprint density at radius 2 is 1.91 bits per heavy atom. The average molecular weight is 296 g/mol. The monoisotopic (exact) mass is 296 g/mol. The molecule has 0 aromatic heterocycles. The van der Waals surface area contributed by atoms with Gasteiger partial charge in [0, 0.05) is 6.54 Å². The molecular formula is C18H14F2N2. The van der Waals surface area contributed by atoms with Crippen LogP contribution in [0.3, 0.4) is 0 Å². The highest BCUT2D eigenvalue weighted by atomic mass is 19.1. The lowest BCUT2D eigenvalue weighted by atomic mass is 10.0. The Morgan fingerprint density at radius 1 is 1.18 bits per heavy atom. The summed E-state index contributed by atoms with van der Waals surface area (Å²) in [6, 6.07) is 12.3. The molecule has 2 aliphatic carbocycles. The topological polar surface area (TPSA) is 35.8 Å². The minimum atomic E-state index is -0.706. The summed E-state index contributed by atoms with van der Waals surface area (Å²) in [6.07, 6.45) is 1.06. The van der Waals surface area contributed by atoms with Crippen molar-refractivity contribution in [3.05, 3.63) is 64.7 Å². The standard InChI is InChI=1S/C18H14F2N2/c19-15-5-10(8-21)6-16(20)18(15)22-9-14-13-7-11-3-1-2-4-12(11)17(13)14/h1-6,13-14,17,22H,7,9H2. The number of benzene rings is 2. The van der Waals surface area contributed by atoms with Crippen molar-refractivity contribution in [2.24, 2.45) is 11.8 Å². The second-order valence-corrected chi connectivity index (χ2v) is 6.06. The number of rotatable bonds is 3. The van der Waals surface area contributed by atoms with Gasteiger partial charge in [0.1, 0.15) is 5.69 Å². The summed E-state index contributed by atoms with van der Waals surface area (Å²) in [5.74, 6) is 0.137. The fourth-order valence-electron chi connectivity index (χ4n) is 3.79. The van der Waals surface area contributed by atoms with E-state index in [4.69, 9.17) is 5.26 Å². The van der Waals surface area contributed by atoms with E-state index in [2.05, 4.69) is 23.5 Å². The van der Waals surface area contributed by atoms with Crippen LogP contribution in [-0.4, -0.2) is 6.54 Å². The van der Waals surface area contributed by atoms with Gasteiger partial charge in [-0.25, -0.2) is 8.78 Å². The third-order valence-corrected chi connectivity index (χ3v) is 4.89. The minimum Gasteiger partial charge on any atom is -0.380 e. The van der Waals surface area contributed by atoms with Crippen LogP contribution in [0, 0.1) is 34.8 Å². The van der Waals surface area contributed by atoms with Crippen LogP contribution in [0.5, 0.6) is 0 Å². The molecule has 2 aromatic carbocycles. The molecule has 0 heterocycles. The van der Waals surface area contributed by atoms with E-state index in [-0.39, 0.29) is 11.3 Å². The van der Waals surface area contributed by atoms with E-state index in [1.807, 2.05) is 6.07 Å². The number of nitrogens with one attached hydrogen (secondary N) is 1. The number of nitriles is 1. The molecule has 22 heavy (non-hydrogen) atoms. The van der Waals surface area contributed by atoms with Crippen LogP contribution in [0.25, 0.3) is 0 Å². The van der Waals surface area contributed by atoms with Gasteiger partial charge in [-0.15, -0.1) is 0 Å². The highest BCUT2D eigenvalue weighted by Crippen LogP contribution is 2.61. The van der Waals surface area contributed by atoms with Crippen LogP contribution in [0.15, 0.2) is 36.4 Å². The molecule has 0 aliphatic heterocycles. The number of halogens is 2. The van der Waals surface area contributed by atoms with Gasteiger partial charge in [-0.3, -0.25) is 0 Å². The molecule has 1 N–H and O–H groups in total. The van der Waals surface area contributed by atoms with Gasteiger partial charge in [0.15, 0.2) is 11.6 Å². The first-order valence-electron chi connectivity index (χ1n) is 7.40. The van der Waals surface area contributed by atoms with E-state index in [1.165, 1.54) is 11.1 Å². The van der Waals surface area contributed by atoms with Crippen molar-refractivity contribution in [1.82, 2.24) is 0 Å². The normalized spacial score (nSPS) is 24.3. The Hall–Kier alpha value is -2.41. The molecule has 0 radical (unpaired) electrons. The van der Waals surface area contributed by atoms with Gasteiger partial charge in [-0.1, -0.05) is 24.3 Å². The largest absolute Gasteiger partial charge is 0.380 e. The molecule has 0 spiro atoms. The molecular weight excluding hydrogens is 282 g/mol. The van der Waals surface area contributed by atoms with Gasteiger partial charge in [-0.2, -0.15) is 5.26 Å². The summed E-state index contributed by atoms with van der Waals surface area (Å²) in [7, 11) is 0. The molecule has 0 amide bonds. The van der Waals surface area contributed by atoms with E-state index >= 15 is 0 Å². The first-order chi connectivity index (χ1) is 10.7. The highest BCUT2D eigenvalue weighted by Gasteiger charge is 2.54. The molecule has 4 rings (SSSR count). The summed E-state index contributed by atoms with van der Waals surface area (Å²) in [4.78, 5) is 0. The van der Waals surface area contributed by atoms with Crippen LogP contribution in [-0.2, 0) is 6.42 Å². The number of nitrogens with zero attached hydrogens (tertiary/aromatic N) is 1. The zero-order valence-corrected chi connectivity index (χ0v) is 11.8. The highest BCUT2D eigenvalue weighted by molar-refractivity contribution is 5.51. The number of anilines is 1. The van der Waals surface area contributed by atoms with Crippen molar-refractivity contribution in [3.8, 4) is 6.07 Å². The lowest BCUT2D eigenvalue weighted by molar-refractivity contribution is 0.584. The number of hydrogen-bond donors (Lipinski definition) is 1.